The van der Waals surface area contributed by atoms with Crippen LogP contribution in [0.1, 0.15) is 42.9 Å². The maximum Gasteiger partial charge on any atom is 0.451 e. The molecular weight excluding hydrogens is 450 g/mol. The molecule has 1 aliphatic carbocycles. The molecule has 0 bridgehead atoms. The van der Waals surface area contributed by atoms with Crippen LogP contribution in [-0.2, 0) is 22.8 Å². The molecule has 0 saturated heterocycles. The van der Waals surface area contributed by atoms with Gasteiger partial charge in [-0.05, 0) is 68.1 Å². The van der Waals surface area contributed by atoms with Gasteiger partial charge in [0.2, 0.25) is 11.7 Å². The summed E-state index contributed by atoms with van der Waals surface area (Å²) >= 11 is 0. The van der Waals surface area contributed by atoms with Crippen LogP contribution >= 0.6 is 0 Å². The van der Waals surface area contributed by atoms with Crippen molar-refractivity contribution in [2.24, 2.45) is 0 Å². The Kier molecular flexibility index (Phi) is 5.45. The molecule has 0 radical (unpaired) electrons. The van der Waals surface area contributed by atoms with Crippen molar-refractivity contribution in [2.75, 3.05) is 16.8 Å². The first-order chi connectivity index (χ1) is 16.3. The highest BCUT2D eigenvalue weighted by atomic mass is 19.4. The van der Waals surface area contributed by atoms with Crippen molar-refractivity contribution in [1.29, 1.82) is 0 Å². The minimum atomic E-state index is -4.63. The number of nitrogens with zero attached hydrogens (tertiary/aromatic N) is 4. The molecule has 6 nitrogen and oxygen atoms in total. The Labute approximate surface area is 193 Å². The molecule has 0 atom stereocenters. The summed E-state index contributed by atoms with van der Waals surface area (Å²) in [5.74, 6) is -1.61. The lowest BCUT2D eigenvalue weighted by molar-refractivity contribution is -0.144. The molecule has 1 aliphatic heterocycles. The van der Waals surface area contributed by atoms with Gasteiger partial charge < -0.3 is 10.2 Å². The van der Waals surface area contributed by atoms with E-state index in [1.807, 2.05) is 0 Å². The van der Waals surface area contributed by atoms with Crippen LogP contribution in [0.25, 0.3) is 0 Å². The molecule has 1 saturated carbocycles. The number of pyridine rings is 1. The van der Waals surface area contributed by atoms with Crippen molar-refractivity contribution in [3.8, 4) is 0 Å². The largest absolute Gasteiger partial charge is 0.451 e. The van der Waals surface area contributed by atoms with Gasteiger partial charge in [0.15, 0.2) is 0 Å². The van der Waals surface area contributed by atoms with E-state index < -0.39 is 17.4 Å². The van der Waals surface area contributed by atoms with Crippen LogP contribution in [0.2, 0.25) is 0 Å². The molecule has 0 spiro atoms. The maximum absolute atomic E-state index is 13.2. The first-order valence-electron chi connectivity index (χ1n) is 11.0. The van der Waals surface area contributed by atoms with Crippen molar-refractivity contribution in [3.05, 3.63) is 71.7 Å². The van der Waals surface area contributed by atoms with E-state index in [4.69, 9.17) is 4.98 Å². The van der Waals surface area contributed by atoms with Gasteiger partial charge >= 0.3 is 6.18 Å². The van der Waals surface area contributed by atoms with E-state index in [2.05, 4.69) is 15.3 Å². The number of anilines is 3. The highest BCUT2D eigenvalue weighted by molar-refractivity contribution is 5.99. The fourth-order valence-corrected chi connectivity index (χ4v) is 4.50. The molecule has 3 heterocycles. The molecule has 1 N–H and O–H groups in total. The third-order valence-electron chi connectivity index (χ3n) is 6.44. The van der Waals surface area contributed by atoms with Crippen LogP contribution in [0.3, 0.4) is 0 Å². The number of fused-ring (bicyclic) bond motifs is 1. The van der Waals surface area contributed by atoms with Gasteiger partial charge in [-0.1, -0.05) is 6.42 Å². The second-order valence-corrected chi connectivity index (χ2v) is 8.55. The van der Waals surface area contributed by atoms with Gasteiger partial charge in [-0.15, -0.1) is 0 Å². The van der Waals surface area contributed by atoms with Crippen LogP contribution in [0.4, 0.5) is 34.8 Å². The smallest absolute Gasteiger partial charge is 0.325 e. The molecule has 0 unspecified atom stereocenters. The Bertz CT molecular complexity index is 1220. The highest BCUT2D eigenvalue weighted by Gasteiger charge is 2.47. The number of nitrogens with one attached hydrogen (secondary N) is 1. The fourth-order valence-electron chi connectivity index (χ4n) is 4.50. The molecule has 2 aromatic heterocycles. The summed E-state index contributed by atoms with van der Waals surface area (Å²) in [7, 11) is 0. The molecule has 1 fully saturated rings. The Hall–Kier alpha value is -3.56. The molecule has 1 aromatic carbocycles. The van der Waals surface area contributed by atoms with E-state index in [1.54, 1.807) is 17.0 Å². The molecular formula is C24H21F4N5O. The number of halogens is 4. The van der Waals surface area contributed by atoms with E-state index in [-0.39, 0.29) is 17.5 Å². The lowest BCUT2D eigenvalue weighted by Crippen LogP contribution is -2.47. The highest BCUT2D eigenvalue weighted by Crippen LogP contribution is 2.45. The number of aryl methyl sites for hydroxylation is 1. The van der Waals surface area contributed by atoms with Crippen LogP contribution in [0.5, 0.6) is 0 Å². The van der Waals surface area contributed by atoms with Crippen LogP contribution in [0.15, 0.2) is 48.7 Å². The molecule has 3 aromatic rings. The van der Waals surface area contributed by atoms with Crippen molar-refractivity contribution in [2.45, 2.75) is 43.7 Å². The standard InChI is InChI=1S/C24H21F4N5O/c25-15-4-6-16(7-5-15)30-22(34)23(11-2-12-23)19-9-8-18-17(31-19)3-1-14-33(18)20-10-13-29-21(32-20)24(26,27)28/h4-10,13H,1-3,11-12,14H2,(H,30,34). The number of rotatable bonds is 4. The van der Waals surface area contributed by atoms with E-state index in [9.17, 15) is 22.4 Å². The predicted octanol–water partition coefficient (Wildman–Crippen LogP) is 5.17. The Balaban J connectivity index is 1.44. The quantitative estimate of drug-likeness (QED) is 0.532. The lowest BCUT2D eigenvalue weighted by atomic mass is 9.65. The van der Waals surface area contributed by atoms with Crippen LogP contribution in [-0.4, -0.2) is 27.4 Å². The van der Waals surface area contributed by atoms with Gasteiger partial charge in [0, 0.05) is 18.4 Å². The van der Waals surface area contributed by atoms with Crippen molar-refractivity contribution >= 4 is 23.1 Å². The van der Waals surface area contributed by atoms with Crippen LogP contribution in [0, 0.1) is 5.82 Å². The van der Waals surface area contributed by atoms with Gasteiger partial charge in [0.25, 0.3) is 0 Å². The zero-order valence-electron chi connectivity index (χ0n) is 18.1. The third kappa shape index (κ3) is 3.97. The van der Waals surface area contributed by atoms with Crippen LogP contribution < -0.4 is 10.2 Å². The minimum absolute atomic E-state index is 0.158. The average Bonchev–Trinajstić information content (AvgIpc) is 2.79. The van der Waals surface area contributed by atoms with Gasteiger partial charge in [0.05, 0.1) is 22.5 Å². The Morgan fingerprint density at radius 3 is 2.44 bits per heavy atom. The maximum atomic E-state index is 13.2. The normalized spacial score (nSPS) is 17.0. The monoisotopic (exact) mass is 471 g/mol. The molecule has 5 rings (SSSR count). The third-order valence-corrected chi connectivity index (χ3v) is 6.44. The second-order valence-electron chi connectivity index (χ2n) is 8.55. The van der Waals surface area contributed by atoms with Gasteiger partial charge in [-0.3, -0.25) is 9.78 Å². The summed E-state index contributed by atoms with van der Waals surface area (Å²) in [6, 6.07) is 10.6. The minimum Gasteiger partial charge on any atom is -0.325 e. The van der Waals surface area contributed by atoms with E-state index >= 15 is 0 Å². The Morgan fingerprint density at radius 1 is 1.00 bits per heavy atom. The second kappa shape index (κ2) is 8.34. The SMILES string of the molecule is O=C(Nc1ccc(F)cc1)C1(c2ccc3c(n2)CCCN3c2ccnc(C(F)(F)F)n2)CCC1. The first-order valence-corrected chi connectivity index (χ1v) is 11.0. The van der Waals surface area contributed by atoms with Crippen molar-refractivity contribution in [3.63, 3.8) is 0 Å². The van der Waals surface area contributed by atoms with Crippen molar-refractivity contribution < 1.29 is 22.4 Å². The van der Waals surface area contributed by atoms with E-state index in [0.717, 1.165) is 18.3 Å². The molecule has 2 aliphatic rings. The molecule has 1 amide bonds. The number of hydrogen-bond acceptors (Lipinski definition) is 5. The van der Waals surface area contributed by atoms with Crippen molar-refractivity contribution in [1.82, 2.24) is 15.0 Å². The molecule has 10 heteroatoms. The number of benzene rings is 1. The van der Waals surface area contributed by atoms with Gasteiger partial charge in [-0.2, -0.15) is 13.2 Å². The van der Waals surface area contributed by atoms with Gasteiger partial charge in [-0.25, -0.2) is 14.4 Å². The first kappa shape index (κ1) is 22.2. The summed E-state index contributed by atoms with van der Waals surface area (Å²) in [6.45, 7) is 0.499. The topological polar surface area (TPSA) is 71.0 Å². The number of carbonyl (C=O) groups excluding carboxylic acids is 1. The summed E-state index contributed by atoms with van der Waals surface area (Å²) in [5, 5.41) is 2.87. The number of amides is 1. The van der Waals surface area contributed by atoms with E-state index in [0.29, 0.717) is 49.3 Å². The number of hydrogen-bond donors (Lipinski definition) is 1. The summed E-state index contributed by atoms with van der Waals surface area (Å²) in [4.78, 5) is 26.8. The zero-order chi connectivity index (χ0) is 23.9. The Morgan fingerprint density at radius 2 is 1.76 bits per heavy atom. The summed E-state index contributed by atoms with van der Waals surface area (Å²) < 4.78 is 52.5. The molecule has 34 heavy (non-hydrogen) atoms. The van der Waals surface area contributed by atoms with E-state index in [1.165, 1.54) is 30.3 Å². The zero-order valence-corrected chi connectivity index (χ0v) is 18.1. The number of aromatic nitrogens is 3. The summed E-state index contributed by atoms with van der Waals surface area (Å²) in [6.07, 6.45) is -0.0542. The lowest BCUT2D eigenvalue weighted by Gasteiger charge is -2.40. The average molecular weight is 471 g/mol. The number of carbonyl (C=O) groups is 1. The number of alkyl halides is 3. The fraction of sp³-hybridized carbons (Fsp3) is 0.333. The summed E-state index contributed by atoms with van der Waals surface area (Å²) in [5.41, 5.74) is 1.75. The van der Waals surface area contributed by atoms with Gasteiger partial charge in [0.1, 0.15) is 11.6 Å². The molecule has 176 valence electrons. The predicted molar refractivity (Wildman–Crippen MR) is 117 cm³/mol.